The highest BCUT2D eigenvalue weighted by Gasteiger charge is 2.35. The predicted molar refractivity (Wildman–Crippen MR) is 214 cm³/mol. The Bertz CT molecular complexity index is 2200. The lowest BCUT2D eigenvalue weighted by Crippen LogP contribution is -2.52. The van der Waals surface area contributed by atoms with Crippen molar-refractivity contribution in [1.82, 2.24) is 14.4 Å². The molecule has 1 aromatic heterocycles. The van der Waals surface area contributed by atoms with Crippen LogP contribution < -0.4 is 9.64 Å². The number of benzene rings is 4. The van der Waals surface area contributed by atoms with Gasteiger partial charge in [0.1, 0.15) is 5.75 Å². The highest BCUT2D eigenvalue weighted by atomic mass is 35.5. The van der Waals surface area contributed by atoms with E-state index in [9.17, 15) is 14.7 Å². The first-order chi connectivity index (χ1) is 26.3. The third-order valence-electron chi connectivity index (χ3n) is 10.9. The molecule has 0 unspecified atom stereocenters. The van der Waals surface area contributed by atoms with E-state index in [-0.39, 0.29) is 41.8 Å². The summed E-state index contributed by atoms with van der Waals surface area (Å²) in [5.74, 6) is -0.968. The van der Waals surface area contributed by atoms with Gasteiger partial charge >= 0.3 is 0 Å². The number of morpholine rings is 1. The summed E-state index contributed by atoms with van der Waals surface area (Å²) in [5, 5.41) is 10.5. The molecule has 1 N–H and O–H groups in total. The molecule has 9 nitrogen and oxygen atoms in total. The van der Waals surface area contributed by atoms with Crippen molar-refractivity contribution < 1.29 is 28.6 Å². The minimum absolute atomic E-state index is 0. The van der Waals surface area contributed by atoms with Crippen LogP contribution in [0, 0.1) is 5.82 Å². The van der Waals surface area contributed by atoms with Crippen LogP contribution >= 0.6 is 24.0 Å². The second-order valence-corrected chi connectivity index (χ2v) is 14.6. The zero-order valence-electron chi connectivity index (χ0n) is 30.5. The minimum atomic E-state index is -0.611. The maximum Gasteiger partial charge on any atom is 0.264 e. The summed E-state index contributed by atoms with van der Waals surface area (Å²) in [5.41, 5.74) is 6.35. The van der Waals surface area contributed by atoms with E-state index in [1.54, 1.807) is 30.3 Å². The number of carbonyl (C=O) groups excluding carboxylic acids is 2. The van der Waals surface area contributed by atoms with Crippen molar-refractivity contribution in [3.63, 3.8) is 0 Å². The molecule has 0 aliphatic carbocycles. The number of carbonyl (C=O) groups is 2. The molecule has 55 heavy (non-hydrogen) atoms. The Morgan fingerprint density at radius 2 is 1.65 bits per heavy atom. The zero-order valence-corrected chi connectivity index (χ0v) is 32.1. The van der Waals surface area contributed by atoms with Gasteiger partial charge in [-0.05, 0) is 97.5 Å². The highest BCUT2D eigenvalue weighted by Crippen LogP contribution is 2.39. The molecule has 3 aliphatic heterocycles. The van der Waals surface area contributed by atoms with E-state index in [4.69, 9.17) is 21.1 Å². The molecule has 0 radical (unpaired) electrons. The number of rotatable bonds is 8. The second kappa shape index (κ2) is 16.5. The van der Waals surface area contributed by atoms with Crippen LogP contribution in [0.5, 0.6) is 11.5 Å². The van der Waals surface area contributed by atoms with Crippen molar-refractivity contribution in [2.75, 3.05) is 44.9 Å². The van der Waals surface area contributed by atoms with Crippen LogP contribution in [0.1, 0.15) is 50.4 Å². The first kappa shape index (κ1) is 38.4. The maximum atomic E-state index is 15.1. The van der Waals surface area contributed by atoms with E-state index in [1.807, 2.05) is 23.1 Å². The topological polar surface area (TPSA) is 87.5 Å². The van der Waals surface area contributed by atoms with Crippen LogP contribution in [-0.2, 0) is 30.7 Å². The first-order valence-corrected chi connectivity index (χ1v) is 18.8. The molecule has 0 saturated carbocycles. The molecule has 2 amide bonds. The van der Waals surface area contributed by atoms with Crippen molar-refractivity contribution in [3.05, 3.63) is 130 Å². The Balaban J connectivity index is 0.00000465. The average molecular weight is 786 g/mol. The normalized spacial score (nSPS) is 16.8. The number of fused-ring (bicyclic) bond motifs is 2. The van der Waals surface area contributed by atoms with E-state index >= 15 is 4.39 Å². The van der Waals surface area contributed by atoms with Crippen LogP contribution in [0.25, 0.3) is 11.3 Å². The number of hydrogen-bond acceptors (Lipinski definition) is 6. The van der Waals surface area contributed by atoms with Crippen LogP contribution in [0.3, 0.4) is 0 Å². The quantitative estimate of drug-likeness (QED) is 0.171. The Morgan fingerprint density at radius 1 is 0.909 bits per heavy atom. The summed E-state index contributed by atoms with van der Waals surface area (Å²) in [6, 6.07) is 26.1. The third kappa shape index (κ3) is 7.69. The summed E-state index contributed by atoms with van der Waals surface area (Å²) in [4.78, 5) is 35.7. The molecule has 286 valence electrons. The molecule has 1 saturated heterocycles. The van der Waals surface area contributed by atoms with Gasteiger partial charge in [-0.3, -0.25) is 19.4 Å². The van der Waals surface area contributed by atoms with E-state index in [1.165, 1.54) is 41.8 Å². The molecule has 0 bridgehead atoms. The number of hydrogen-bond donors (Lipinski definition) is 1. The fourth-order valence-corrected chi connectivity index (χ4v) is 8.30. The number of amides is 2. The first-order valence-electron chi connectivity index (χ1n) is 18.5. The van der Waals surface area contributed by atoms with Crippen molar-refractivity contribution in [3.8, 4) is 22.8 Å². The van der Waals surface area contributed by atoms with Gasteiger partial charge in [0.25, 0.3) is 11.8 Å². The van der Waals surface area contributed by atoms with Crippen molar-refractivity contribution in [1.29, 1.82) is 0 Å². The fourth-order valence-electron chi connectivity index (χ4n) is 8.12. The maximum absolute atomic E-state index is 15.1. The number of ether oxygens (including phenoxy) is 2. The molecule has 1 atom stereocenters. The van der Waals surface area contributed by atoms with Gasteiger partial charge in [0.2, 0.25) is 0 Å². The molecule has 12 heteroatoms. The van der Waals surface area contributed by atoms with Gasteiger partial charge in [-0.15, -0.1) is 12.4 Å². The number of halogens is 3. The van der Waals surface area contributed by atoms with Crippen molar-refractivity contribution in [2.24, 2.45) is 0 Å². The van der Waals surface area contributed by atoms with Crippen molar-refractivity contribution >= 4 is 47.2 Å². The van der Waals surface area contributed by atoms with Gasteiger partial charge < -0.3 is 24.0 Å². The SMILES string of the molecule is COc1ccc(N(C(=O)c2cc(-c3cc(Cl)ccc3C(=O)N3Cc4ccccc4C[C@H]3CN3CCOCC3)n3c2CCCC3)c2ccc(O)cc2)cc1F.Cl. The number of aromatic hydroxyl groups is 1. The Hall–Kier alpha value is -4.87. The highest BCUT2D eigenvalue weighted by molar-refractivity contribution is 6.31. The van der Waals surface area contributed by atoms with Gasteiger partial charge in [0, 0.05) is 78.1 Å². The summed E-state index contributed by atoms with van der Waals surface area (Å²) in [6.45, 7) is 4.89. The van der Waals surface area contributed by atoms with Crippen LogP contribution in [0.2, 0.25) is 5.02 Å². The smallest absolute Gasteiger partial charge is 0.264 e. The van der Waals surface area contributed by atoms with Gasteiger partial charge in [-0.25, -0.2) is 4.39 Å². The lowest BCUT2D eigenvalue weighted by Gasteiger charge is -2.40. The Kier molecular flexibility index (Phi) is 11.5. The molecule has 5 aromatic rings. The number of phenols is 1. The molecule has 8 rings (SSSR count). The molecule has 4 heterocycles. The minimum Gasteiger partial charge on any atom is -0.508 e. The van der Waals surface area contributed by atoms with E-state index in [0.717, 1.165) is 55.8 Å². The standard InChI is InChI=1S/C43H42ClFN4O5.ClH/c1-53-41-16-12-32(24-38(41)45)49(31-10-13-34(50)14-11-31)43(52)37-25-40(47-17-5-4-8-39(37)47)36-23-30(44)9-15-35(36)42(51)48-26-29-7-3-2-6-28(29)22-33(48)27-46-18-20-54-21-19-46;/h2-3,6-7,9-16,23-25,33,50H,4-5,8,17-22,26-27H2,1H3;1H/t33-;/m0./s1. The predicted octanol–water partition coefficient (Wildman–Crippen LogP) is 8.30. The number of phenolic OH excluding ortho intramolecular Hbond substituents is 1. The molecular formula is C43H43Cl2FN4O5. The second-order valence-electron chi connectivity index (χ2n) is 14.1. The summed E-state index contributed by atoms with van der Waals surface area (Å²) in [7, 11) is 1.39. The number of anilines is 2. The zero-order chi connectivity index (χ0) is 37.3. The van der Waals surface area contributed by atoms with Gasteiger partial charge in [-0.2, -0.15) is 0 Å². The Labute approximate surface area is 331 Å². The summed E-state index contributed by atoms with van der Waals surface area (Å²) < 4.78 is 28.1. The summed E-state index contributed by atoms with van der Waals surface area (Å²) >= 11 is 6.70. The van der Waals surface area contributed by atoms with Crippen molar-refractivity contribution in [2.45, 2.75) is 44.8 Å². The van der Waals surface area contributed by atoms with Gasteiger partial charge in [0.15, 0.2) is 11.6 Å². The lowest BCUT2D eigenvalue weighted by atomic mass is 9.92. The molecular weight excluding hydrogens is 742 g/mol. The lowest BCUT2D eigenvalue weighted by molar-refractivity contribution is 0.0193. The molecule has 1 fully saturated rings. The largest absolute Gasteiger partial charge is 0.508 e. The molecule has 3 aliphatic rings. The van der Waals surface area contributed by atoms with E-state index in [0.29, 0.717) is 65.8 Å². The number of aromatic nitrogens is 1. The van der Waals surface area contributed by atoms with E-state index in [2.05, 4.69) is 27.7 Å². The monoisotopic (exact) mass is 784 g/mol. The van der Waals surface area contributed by atoms with Crippen LogP contribution in [0.4, 0.5) is 15.8 Å². The number of nitrogens with zero attached hydrogens (tertiary/aromatic N) is 4. The van der Waals surface area contributed by atoms with Gasteiger partial charge in [0.05, 0.1) is 31.6 Å². The third-order valence-corrected chi connectivity index (χ3v) is 11.1. The molecule has 0 spiro atoms. The summed E-state index contributed by atoms with van der Waals surface area (Å²) in [6.07, 6.45) is 3.19. The van der Waals surface area contributed by atoms with E-state index < -0.39 is 5.82 Å². The molecule has 4 aromatic carbocycles. The average Bonchev–Trinajstić information content (AvgIpc) is 3.58. The van der Waals surface area contributed by atoms with Crippen LogP contribution in [0.15, 0.2) is 91.0 Å². The number of methoxy groups -OCH3 is 1. The Morgan fingerprint density at radius 3 is 2.40 bits per heavy atom. The van der Waals surface area contributed by atoms with Gasteiger partial charge in [-0.1, -0.05) is 35.9 Å². The fraction of sp³-hybridized carbons (Fsp3) is 0.302. The van der Waals surface area contributed by atoms with Crippen LogP contribution in [-0.4, -0.2) is 77.3 Å².